The largest absolute Gasteiger partial charge is 0.383 e. The van der Waals surface area contributed by atoms with Crippen LogP contribution in [0.4, 0.5) is 17.6 Å². The van der Waals surface area contributed by atoms with Crippen molar-refractivity contribution < 1.29 is 22.3 Å². The molecule has 0 amide bonds. The fourth-order valence-corrected chi connectivity index (χ4v) is 0.506. The highest BCUT2D eigenvalue weighted by Gasteiger charge is 2.39. The molecule has 0 aromatic carbocycles. The van der Waals surface area contributed by atoms with Gasteiger partial charge in [0, 0.05) is 13.7 Å². The topological polar surface area (TPSA) is 21.3 Å². The Hall–Kier alpha value is -0.360. The predicted octanol–water partition coefficient (Wildman–Crippen LogP) is 1.12. The number of hydrogen-bond acceptors (Lipinski definition) is 2. The highest BCUT2D eigenvalue weighted by molar-refractivity contribution is 4.71. The maximum Gasteiger partial charge on any atom is 0.319 e. The van der Waals surface area contributed by atoms with Gasteiger partial charge in [0.25, 0.3) is 0 Å². The zero-order valence-corrected chi connectivity index (χ0v) is 6.62. The first-order valence-corrected chi connectivity index (χ1v) is 3.36. The van der Waals surface area contributed by atoms with Gasteiger partial charge in [-0.3, -0.25) is 0 Å². The van der Waals surface area contributed by atoms with Gasteiger partial charge in [-0.05, 0) is 0 Å². The number of nitrogens with one attached hydrogen (secondary N) is 1. The third kappa shape index (κ3) is 4.50. The molecule has 0 heterocycles. The lowest BCUT2D eigenvalue weighted by Crippen LogP contribution is -2.39. The maximum absolute atomic E-state index is 12.1. The summed E-state index contributed by atoms with van der Waals surface area (Å²) in [5, 5.41) is 2.15. The fraction of sp³-hybridized carbons (Fsp3) is 1.00. The SMILES string of the molecule is COCCNCC(F)(F)C(F)F. The van der Waals surface area contributed by atoms with Gasteiger partial charge in [-0.15, -0.1) is 0 Å². The third-order valence-electron chi connectivity index (χ3n) is 1.16. The summed E-state index contributed by atoms with van der Waals surface area (Å²) in [7, 11) is 1.40. The Morgan fingerprint density at radius 2 is 2.00 bits per heavy atom. The average Bonchev–Trinajstić information content (AvgIpc) is 1.98. The molecule has 6 heteroatoms. The van der Waals surface area contributed by atoms with E-state index in [0.29, 0.717) is 0 Å². The Morgan fingerprint density at radius 3 is 2.42 bits per heavy atom. The Morgan fingerprint density at radius 1 is 1.42 bits per heavy atom. The van der Waals surface area contributed by atoms with Crippen molar-refractivity contribution in [2.24, 2.45) is 0 Å². The minimum Gasteiger partial charge on any atom is -0.383 e. The Bertz CT molecular complexity index is 120. The highest BCUT2D eigenvalue weighted by Crippen LogP contribution is 2.21. The van der Waals surface area contributed by atoms with Gasteiger partial charge in [-0.25, -0.2) is 8.78 Å². The van der Waals surface area contributed by atoms with Gasteiger partial charge in [-0.1, -0.05) is 0 Å². The van der Waals surface area contributed by atoms with Gasteiger partial charge in [0.2, 0.25) is 0 Å². The molecule has 0 aromatic heterocycles. The lowest BCUT2D eigenvalue weighted by molar-refractivity contribution is -0.125. The van der Waals surface area contributed by atoms with E-state index in [-0.39, 0.29) is 13.2 Å². The van der Waals surface area contributed by atoms with Crippen LogP contribution in [0.5, 0.6) is 0 Å². The van der Waals surface area contributed by atoms with Crippen LogP contribution in [0.15, 0.2) is 0 Å². The van der Waals surface area contributed by atoms with Crippen molar-refractivity contribution in [3.05, 3.63) is 0 Å². The van der Waals surface area contributed by atoms with Crippen LogP contribution in [-0.2, 0) is 4.74 Å². The second-order valence-electron chi connectivity index (χ2n) is 2.23. The van der Waals surface area contributed by atoms with E-state index in [1.165, 1.54) is 7.11 Å². The van der Waals surface area contributed by atoms with Gasteiger partial charge in [0.05, 0.1) is 13.2 Å². The molecule has 0 aromatic rings. The molecule has 74 valence electrons. The molecular formula is C6H11F4NO. The molecule has 0 rings (SSSR count). The van der Waals surface area contributed by atoms with Crippen molar-refractivity contribution in [1.82, 2.24) is 5.32 Å². The summed E-state index contributed by atoms with van der Waals surface area (Å²) in [6.07, 6.45) is -3.62. The van der Waals surface area contributed by atoms with Crippen molar-refractivity contribution >= 4 is 0 Å². The second-order valence-corrected chi connectivity index (χ2v) is 2.23. The first-order valence-electron chi connectivity index (χ1n) is 3.36. The summed E-state index contributed by atoms with van der Waals surface area (Å²) in [6.45, 7) is -0.661. The predicted molar refractivity (Wildman–Crippen MR) is 35.7 cm³/mol. The molecule has 0 aliphatic rings. The van der Waals surface area contributed by atoms with Crippen LogP contribution in [0.3, 0.4) is 0 Å². The minimum absolute atomic E-state index is 0.138. The number of hydrogen-bond donors (Lipinski definition) is 1. The molecule has 0 unspecified atom stereocenters. The number of ether oxygens (including phenoxy) is 1. The molecule has 0 saturated carbocycles. The zero-order chi connectivity index (χ0) is 9.61. The highest BCUT2D eigenvalue weighted by atomic mass is 19.3. The second kappa shape index (κ2) is 5.31. The van der Waals surface area contributed by atoms with Crippen molar-refractivity contribution in [3.63, 3.8) is 0 Å². The summed E-state index contributed by atoms with van der Waals surface area (Å²) >= 11 is 0. The van der Waals surface area contributed by atoms with Crippen molar-refractivity contribution in [3.8, 4) is 0 Å². The smallest absolute Gasteiger partial charge is 0.319 e. The molecule has 0 radical (unpaired) electrons. The molecule has 0 spiro atoms. The van der Waals surface area contributed by atoms with Crippen LogP contribution in [0, 0.1) is 0 Å². The van der Waals surface area contributed by atoms with E-state index in [1.54, 1.807) is 0 Å². The van der Waals surface area contributed by atoms with Gasteiger partial charge >= 0.3 is 12.3 Å². The Balaban J connectivity index is 3.47. The minimum atomic E-state index is -3.95. The van der Waals surface area contributed by atoms with E-state index < -0.39 is 18.9 Å². The summed E-state index contributed by atoms with van der Waals surface area (Å²) in [5.74, 6) is -3.95. The number of alkyl halides is 4. The molecule has 0 aliphatic carbocycles. The summed E-state index contributed by atoms with van der Waals surface area (Å²) in [4.78, 5) is 0. The fourth-order valence-electron chi connectivity index (χ4n) is 0.506. The van der Waals surface area contributed by atoms with E-state index in [4.69, 9.17) is 0 Å². The van der Waals surface area contributed by atoms with Gasteiger partial charge in [-0.2, -0.15) is 8.78 Å². The van der Waals surface area contributed by atoms with Crippen LogP contribution in [0.1, 0.15) is 0 Å². The summed E-state index contributed by atoms with van der Waals surface area (Å²) < 4.78 is 51.8. The maximum atomic E-state index is 12.1. The van der Waals surface area contributed by atoms with E-state index in [2.05, 4.69) is 10.1 Å². The summed E-state index contributed by atoms with van der Waals surface area (Å²) in [6, 6.07) is 0. The van der Waals surface area contributed by atoms with Crippen LogP contribution in [0.25, 0.3) is 0 Å². The lowest BCUT2D eigenvalue weighted by Gasteiger charge is -2.15. The molecule has 1 N–H and O–H groups in total. The zero-order valence-electron chi connectivity index (χ0n) is 6.62. The monoisotopic (exact) mass is 189 g/mol. The first kappa shape index (κ1) is 11.6. The molecule has 0 fully saturated rings. The van der Waals surface area contributed by atoms with E-state index >= 15 is 0 Å². The molecular weight excluding hydrogens is 178 g/mol. The van der Waals surface area contributed by atoms with Crippen LogP contribution in [0.2, 0.25) is 0 Å². The third-order valence-corrected chi connectivity index (χ3v) is 1.16. The van der Waals surface area contributed by atoms with Gasteiger partial charge < -0.3 is 10.1 Å². The number of methoxy groups -OCH3 is 1. The molecule has 0 bridgehead atoms. The molecule has 2 nitrogen and oxygen atoms in total. The normalized spacial score (nSPS) is 12.5. The lowest BCUT2D eigenvalue weighted by atomic mass is 10.3. The van der Waals surface area contributed by atoms with Crippen LogP contribution in [-0.4, -0.2) is 39.2 Å². The van der Waals surface area contributed by atoms with Crippen molar-refractivity contribution in [1.29, 1.82) is 0 Å². The molecule has 0 aliphatic heterocycles. The van der Waals surface area contributed by atoms with Crippen LogP contribution >= 0.6 is 0 Å². The quantitative estimate of drug-likeness (QED) is 0.499. The van der Waals surface area contributed by atoms with E-state index in [9.17, 15) is 17.6 Å². The summed E-state index contributed by atoms with van der Waals surface area (Å²) in [5.41, 5.74) is 0. The number of halogens is 4. The Kier molecular flexibility index (Phi) is 5.16. The number of rotatable bonds is 6. The standard InChI is InChI=1S/C6H11F4NO/c1-12-3-2-11-4-6(9,10)5(7)8/h5,11H,2-4H2,1H3. The van der Waals surface area contributed by atoms with Crippen LogP contribution < -0.4 is 5.32 Å². The molecule has 12 heavy (non-hydrogen) atoms. The van der Waals surface area contributed by atoms with E-state index in [0.717, 1.165) is 0 Å². The van der Waals surface area contributed by atoms with Gasteiger partial charge in [0.15, 0.2) is 0 Å². The van der Waals surface area contributed by atoms with Gasteiger partial charge in [0.1, 0.15) is 0 Å². The van der Waals surface area contributed by atoms with Crippen molar-refractivity contribution in [2.45, 2.75) is 12.3 Å². The average molecular weight is 189 g/mol. The first-order chi connectivity index (χ1) is 5.50. The Labute approximate surface area is 67.9 Å². The van der Waals surface area contributed by atoms with Crippen molar-refractivity contribution in [2.75, 3.05) is 26.8 Å². The van der Waals surface area contributed by atoms with E-state index in [1.807, 2.05) is 0 Å². The molecule has 0 atom stereocenters. The molecule has 0 saturated heterocycles.